The Kier molecular flexibility index (Phi) is 6.58. The number of rotatable bonds is 7. The fourth-order valence-electron chi connectivity index (χ4n) is 6.47. The van der Waals surface area contributed by atoms with Gasteiger partial charge in [-0.2, -0.15) is 4.98 Å². The Bertz CT molecular complexity index is 1330. The first-order valence-electron chi connectivity index (χ1n) is 14.3. The molecule has 4 heterocycles. The molecule has 8 heteroatoms. The summed E-state index contributed by atoms with van der Waals surface area (Å²) in [5.41, 5.74) is 2.03. The number of likely N-dealkylation sites (tertiary alicyclic amines) is 2. The zero-order chi connectivity index (χ0) is 27.4. The van der Waals surface area contributed by atoms with Crippen LogP contribution in [0.1, 0.15) is 87.8 Å². The van der Waals surface area contributed by atoms with Crippen molar-refractivity contribution in [2.75, 3.05) is 26.2 Å². The highest BCUT2D eigenvalue weighted by Gasteiger charge is 2.58. The molecule has 0 unspecified atom stereocenters. The van der Waals surface area contributed by atoms with Gasteiger partial charge in [0.2, 0.25) is 17.6 Å². The Hall–Kier alpha value is -3.10. The van der Waals surface area contributed by atoms with Gasteiger partial charge in [0.05, 0.1) is 0 Å². The molecule has 3 aromatic rings. The zero-order valence-electron chi connectivity index (χ0n) is 23.4. The van der Waals surface area contributed by atoms with E-state index >= 15 is 0 Å². The number of nitrogens with zero attached hydrogens (tertiary/aromatic N) is 5. The average Bonchev–Trinajstić information content (AvgIpc) is 3.65. The highest BCUT2D eigenvalue weighted by atomic mass is 16.5. The molecule has 1 saturated carbocycles. The molecule has 3 fully saturated rings. The molecule has 2 aromatic heterocycles. The smallest absolute Gasteiger partial charge is 0.230 e. The highest BCUT2D eigenvalue weighted by molar-refractivity contribution is 5.73. The molecule has 3 aliphatic rings. The molecule has 39 heavy (non-hydrogen) atoms. The van der Waals surface area contributed by atoms with Gasteiger partial charge in [0, 0.05) is 74.0 Å². The van der Waals surface area contributed by atoms with Gasteiger partial charge in [0.1, 0.15) is 5.60 Å². The Morgan fingerprint density at radius 3 is 2.38 bits per heavy atom. The predicted octanol–water partition coefficient (Wildman–Crippen LogP) is 4.70. The monoisotopic (exact) mass is 529 g/mol. The zero-order valence-corrected chi connectivity index (χ0v) is 23.4. The third kappa shape index (κ3) is 4.67. The molecule has 2 aliphatic heterocycles. The summed E-state index contributed by atoms with van der Waals surface area (Å²) in [6.07, 6.45) is 7.63. The summed E-state index contributed by atoms with van der Waals surface area (Å²) in [5.74, 6) is 1.74. The average molecular weight is 530 g/mol. The number of pyridine rings is 1. The molecular formula is C31H39N5O3. The number of carbonyl (C=O) groups is 1. The molecule has 6 rings (SSSR count). The maximum Gasteiger partial charge on any atom is 0.230 e. The van der Waals surface area contributed by atoms with Crippen LogP contribution in [0.3, 0.4) is 0 Å². The number of benzene rings is 1. The van der Waals surface area contributed by atoms with E-state index in [1.54, 1.807) is 19.3 Å². The Labute approximate surface area is 230 Å². The molecule has 0 bridgehead atoms. The second-order valence-electron chi connectivity index (χ2n) is 12.4. The molecular weight excluding hydrogens is 490 g/mol. The molecule has 1 atom stereocenters. The van der Waals surface area contributed by atoms with E-state index in [9.17, 15) is 9.90 Å². The van der Waals surface area contributed by atoms with Crippen LogP contribution < -0.4 is 0 Å². The van der Waals surface area contributed by atoms with Crippen LogP contribution in [0.15, 0.2) is 47.2 Å². The molecule has 0 spiro atoms. The van der Waals surface area contributed by atoms with Crippen LogP contribution >= 0.6 is 0 Å². The summed E-state index contributed by atoms with van der Waals surface area (Å²) in [7, 11) is 0. The van der Waals surface area contributed by atoms with Gasteiger partial charge in [-0.15, -0.1) is 0 Å². The van der Waals surface area contributed by atoms with E-state index in [4.69, 9.17) is 9.51 Å². The third-order valence-corrected chi connectivity index (χ3v) is 9.18. The number of carbonyl (C=O) groups excluding carboxylic acids is 1. The predicted molar refractivity (Wildman–Crippen MR) is 148 cm³/mol. The lowest BCUT2D eigenvalue weighted by atomic mass is 9.61. The number of piperidine rings is 1. The van der Waals surface area contributed by atoms with Gasteiger partial charge in [0.25, 0.3) is 0 Å². The number of aliphatic hydroxyl groups is 1. The molecule has 0 radical (unpaired) electrons. The van der Waals surface area contributed by atoms with Crippen molar-refractivity contribution in [3.8, 4) is 11.4 Å². The maximum atomic E-state index is 12.7. The van der Waals surface area contributed by atoms with Crippen LogP contribution in [0.5, 0.6) is 0 Å². The lowest BCUT2D eigenvalue weighted by Gasteiger charge is -2.57. The largest absolute Gasteiger partial charge is 0.380 e. The van der Waals surface area contributed by atoms with Crippen LogP contribution in [0.4, 0.5) is 0 Å². The standard InChI is InChI=1S/C31H39N5O3/c1-20(2)22-5-7-25(8-6-22)31(38,30(4)18-36(19-30)27-9-10-27)26-15-24(16-32-17-26)28-33-29(39-34-28)23-11-13-35(14-12-23)21(3)37/h5-8,15-17,20,23,27,38H,9-14,18-19H2,1-4H3/t31-/m0/s1. The van der Waals surface area contributed by atoms with Crippen LogP contribution in [-0.2, 0) is 10.4 Å². The molecule has 1 aromatic carbocycles. The second kappa shape index (κ2) is 9.82. The van der Waals surface area contributed by atoms with Crippen LogP contribution in [0.2, 0.25) is 0 Å². The van der Waals surface area contributed by atoms with Gasteiger partial charge >= 0.3 is 0 Å². The van der Waals surface area contributed by atoms with E-state index in [1.807, 2.05) is 11.0 Å². The fraction of sp³-hybridized carbons (Fsp3) is 0.548. The number of hydrogen-bond acceptors (Lipinski definition) is 7. The van der Waals surface area contributed by atoms with E-state index in [0.29, 0.717) is 36.8 Å². The van der Waals surface area contributed by atoms with Crippen LogP contribution in [0.25, 0.3) is 11.4 Å². The lowest BCUT2D eigenvalue weighted by Crippen LogP contribution is -2.65. The number of hydrogen-bond donors (Lipinski definition) is 1. The van der Waals surface area contributed by atoms with Gasteiger partial charge in [-0.1, -0.05) is 50.2 Å². The molecule has 8 nitrogen and oxygen atoms in total. The summed E-state index contributed by atoms with van der Waals surface area (Å²) in [5, 5.41) is 17.0. The van der Waals surface area contributed by atoms with E-state index < -0.39 is 5.60 Å². The quantitative estimate of drug-likeness (QED) is 0.474. The summed E-state index contributed by atoms with van der Waals surface area (Å²) in [4.78, 5) is 25.3. The lowest BCUT2D eigenvalue weighted by molar-refractivity contribution is -0.138. The first-order valence-corrected chi connectivity index (χ1v) is 14.3. The molecule has 1 aliphatic carbocycles. The molecule has 1 N–H and O–H groups in total. The van der Waals surface area contributed by atoms with Gasteiger partial charge in [-0.25, -0.2) is 0 Å². The van der Waals surface area contributed by atoms with E-state index in [-0.39, 0.29) is 17.2 Å². The number of amides is 1. The maximum absolute atomic E-state index is 12.7. The van der Waals surface area contributed by atoms with Crippen LogP contribution in [0, 0.1) is 5.41 Å². The van der Waals surface area contributed by atoms with Crippen molar-refractivity contribution in [1.29, 1.82) is 0 Å². The van der Waals surface area contributed by atoms with Crippen molar-refractivity contribution >= 4 is 5.91 Å². The van der Waals surface area contributed by atoms with Crippen LogP contribution in [-0.4, -0.2) is 68.2 Å². The number of aromatic nitrogens is 3. The minimum Gasteiger partial charge on any atom is -0.380 e. The van der Waals surface area contributed by atoms with Crippen molar-refractivity contribution in [3.63, 3.8) is 0 Å². The Balaban J connectivity index is 1.31. The van der Waals surface area contributed by atoms with Gasteiger partial charge in [-0.3, -0.25) is 14.7 Å². The first-order chi connectivity index (χ1) is 18.7. The summed E-state index contributed by atoms with van der Waals surface area (Å²) >= 11 is 0. The summed E-state index contributed by atoms with van der Waals surface area (Å²) < 4.78 is 5.69. The summed E-state index contributed by atoms with van der Waals surface area (Å²) in [6, 6.07) is 11.0. The minimum atomic E-state index is -1.22. The fourth-order valence-corrected chi connectivity index (χ4v) is 6.47. The van der Waals surface area contributed by atoms with Gasteiger partial charge < -0.3 is 14.5 Å². The highest BCUT2D eigenvalue weighted by Crippen LogP contribution is 2.53. The molecule has 1 amide bonds. The van der Waals surface area contributed by atoms with Crippen molar-refractivity contribution in [1.82, 2.24) is 24.9 Å². The van der Waals surface area contributed by atoms with Gasteiger partial charge in [-0.05, 0) is 48.8 Å². The van der Waals surface area contributed by atoms with Crippen molar-refractivity contribution in [2.45, 2.75) is 76.9 Å². The Morgan fingerprint density at radius 1 is 1.08 bits per heavy atom. The summed E-state index contributed by atoms with van der Waals surface area (Å²) in [6.45, 7) is 11.3. The van der Waals surface area contributed by atoms with Crippen molar-refractivity contribution in [3.05, 3.63) is 65.3 Å². The van der Waals surface area contributed by atoms with E-state index in [0.717, 1.165) is 42.6 Å². The van der Waals surface area contributed by atoms with Crippen molar-refractivity contribution < 1.29 is 14.4 Å². The van der Waals surface area contributed by atoms with E-state index in [1.165, 1.54) is 18.4 Å². The third-order valence-electron chi connectivity index (χ3n) is 9.18. The van der Waals surface area contributed by atoms with E-state index in [2.05, 4.69) is 60.1 Å². The second-order valence-corrected chi connectivity index (χ2v) is 12.4. The van der Waals surface area contributed by atoms with Crippen molar-refractivity contribution in [2.24, 2.45) is 5.41 Å². The topological polar surface area (TPSA) is 95.6 Å². The molecule has 206 valence electrons. The minimum absolute atomic E-state index is 0.106. The van der Waals surface area contributed by atoms with Gasteiger partial charge in [0.15, 0.2) is 0 Å². The normalized spacial score (nSPS) is 21.5. The first kappa shape index (κ1) is 26.1. The molecule has 2 saturated heterocycles. The SMILES string of the molecule is CC(=O)N1CCC(c2nc(-c3cncc([C@@](O)(c4ccc(C(C)C)cc4)C4(C)CN(C5CC5)C4)c3)no2)CC1. The Morgan fingerprint density at radius 2 is 1.77 bits per heavy atom.